The Labute approximate surface area is 244 Å². The van der Waals surface area contributed by atoms with Crippen molar-refractivity contribution in [3.05, 3.63) is 106 Å². The van der Waals surface area contributed by atoms with E-state index >= 15 is 0 Å². The molecular weight excluding hydrogens is 587 g/mol. The number of carbonyl (C=O) groups is 1. The Kier molecular flexibility index (Phi) is 11.5. The number of aryl methyl sites for hydroxylation is 1. The third kappa shape index (κ3) is 8.09. The van der Waals surface area contributed by atoms with Gasteiger partial charge in [-0.2, -0.15) is 4.72 Å². The fraction of sp³-hybridized carbons (Fsp3) is 0.321. The first kappa shape index (κ1) is 33.1. The van der Waals surface area contributed by atoms with E-state index in [-0.39, 0.29) is 29.4 Å². The van der Waals surface area contributed by atoms with Crippen molar-refractivity contribution in [1.82, 2.24) is 4.72 Å². The third-order valence-corrected chi connectivity index (χ3v) is 9.80. The molecule has 0 aromatic heterocycles. The molecular formula is C28H33N2O10PS. The molecule has 0 bridgehead atoms. The van der Waals surface area contributed by atoms with Crippen LogP contribution in [0.5, 0.6) is 0 Å². The standard InChI is InChI=1S/C28H33N2O10PS/c1-5-38-41(34,39-6-2)28(40-27(31)26(37-4)22-10-8-7-9-11-22)25(21-14-16-23(17-15-21)30(32)33)29-42(35,36)24-18-12-20(3)13-19-24/h7-19,25-26,28-29H,5-6H2,1-4H3/t25-,26-,28-/m0/s1. The van der Waals surface area contributed by atoms with E-state index < -0.39 is 46.5 Å². The summed E-state index contributed by atoms with van der Waals surface area (Å²) in [5.74, 6) is -2.86. The summed E-state index contributed by atoms with van der Waals surface area (Å²) in [7, 11) is -7.48. The van der Waals surface area contributed by atoms with E-state index in [1.54, 1.807) is 63.2 Å². The first-order chi connectivity index (χ1) is 20.0. The molecule has 0 amide bonds. The minimum Gasteiger partial charge on any atom is -0.445 e. The molecule has 0 unspecified atom stereocenters. The number of nitro groups is 1. The Bertz CT molecular complexity index is 1490. The van der Waals surface area contributed by atoms with Gasteiger partial charge < -0.3 is 18.5 Å². The Morgan fingerprint density at radius 3 is 2.00 bits per heavy atom. The molecule has 3 aromatic carbocycles. The van der Waals surface area contributed by atoms with Crippen LogP contribution in [0.1, 0.15) is 42.7 Å². The predicted octanol–water partition coefficient (Wildman–Crippen LogP) is 5.45. The van der Waals surface area contributed by atoms with Crippen LogP contribution in [-0.4, -0.2) is 45.5 Å². The predicted molar refractivity (Wildman–Crippen MR) is 154 cm³/mol. The van der Waals surface area contributed by atoms with Crippen molar-refractivity contribution < 1.29 is 41.2 Å². The van der Waals surface area contributed by atoms with Crippen molar-refractivity contribution in [3.8, 4) is 0 Å². The van der Waals surface area contributed by atoms with Gasteiger partial charge in [0.15, 0.2) is 6.10 Å². The van der Waals surface area contributed by atoms with Gasteiger partial charge in [0.1, 0.15) is 0 Å². The van der Waals surface area contributed by atoms with E-state index in [9.17, 15) is 27.9 Å². The number of ether oxygens (including phenoxy) is 2. The van der Waals surface area contributed by atoms with Gasteiger partial charge in [-0.05, 0) is 44.0 Å². The van der Waals surface area contributed by atoms with Gasteiger partial charge in [-0.15, -0.1) is 0 Å². The lowest BCUT2D eigenvalue weighted by Gasteiger charge is -2.33. The van der Waals surface area contributed by atoms with Crippen LogP contribution in [0, 0.1) is 17.0 Å². The number of rotatable bonds is 15. The van der Waals surface area contributed by atoms with Gasteiger partial charge >= 0.3 is 13.6 Å². The Morgan fingerprint density at radius 2 is 1.50 bits per heavy atom. The Balaban J connectivity index is 2.19. The average molecular weight is 621 g/mol. The molecule has 0 heterocycles. The molecule has 0 saturated carbocycles. The maximum atomic E-state index is 14.2. The van der Waals surface area contributed by atoms with Gasteiger partial charge in [0, 0.05) is 19.2 Å². The molecule has 0 aliphatic carbocycles. The van der Waals surface area contributed by atoms with E-state index in [0.717, 1.165) is 17.7 Å². The highest BCUT2D eigenvalue weighted by atomic mass is 32.2. The quantitative estimate of drug-likeness (QED) is 0.100. The number of nitrogens with one attached hydrogen (secondary N) is 1. The van der Waals surface area contributed by atoms with Gasteiger partial charge in [0.25, 0.3) is 5.69 Å². The molecule has 0 fully saturated rings. The van der Waals surface area contributed by atoms with E-state index in [4.69, 9.17) is 18.5 Å². The average Bonchev–Trinajstić information content (AvgIpc) is 2.96. The highest BCUT2D eigenvalue weighted by Crippen LogP contribution is 2.58. The third-order valence-electron chi connectivity index (χ3n) is 6.08. The molecule has 0 aliphatic rings. The lowest BCUT2D eigenvalue weighted by atomic mass is 10.1. The smallest absolute Gasteiger partial charge is 0.372 e. The second-order valence-corrected chi connectivity index (χ2v) is 12.8. The number of non-ortho nitro benzene ring substituents is 1. The van der Waals surface area contributed by atoms with Crippen LogP contribution in [0.3, 0.4) is 0 Å². The normalized spacial score (nSPS) is 14.1. The van der Waals surface area contributed by atoms with Crippen LogP contribution in [-0.2, 0) is 37.9 Å². The minimum absolute atomic E-state index is 0.0994. The molecule has 3 atom stereocenters. The van der Waals surface area contributed by atoms with E-state index in [0.29, 0.717) is 5.56 Å². The largest absolute Gasteiger partial charge is 0.445 e. The van der Waals surface area contributed by atoms with E-state index in [2.05, 4.69) is 4.72 Å². The second kappa shape index (κ2) is 14.6. The molecule has 42 heavy (non-hydrogen) atoms. The van der Waals surface area contributed by atoms with Crippen LogP contribution in [0.25, 0.3) is 0 Å². The van der Waals surface area contributed by atoms with Crippen LogP contribution >= 0.6 is 7.60 Å². The number of hydrogen-bond donors (Lipinski definition) is 1. The first-order valence-electron chi connectivity index (χ1n) is 13.0. The molecule has 0 aliphatic heterocycles. The number of esters is 1. The van der Waals surface area contributed by atoms with Gasteiger partial charge in [-0.1, -0.05) is 60.2 Å². The summed E-state index contributed by atoms with van der Waals surface area (Å²) in [6.45, 7) is 4.62. The highest BCUT2D eigenvalue weighted by Gasteiger charge is 2.48. The molecule has 3 aromatic rings. The number of nitro benzene ring substituents is 1. The summed E-state index contributed by atoms with van der Waals surface area (Å²) < 4.78 is 66.1. The molecule has 14 heteroatoms. The van der Waals surface area contributed by atoms with Crippen molar-refractivity contribution in [2.75, 3.05) is 20.3 Å². The zero-order chi connectivity index (χ0) is 30.9. The lowest BCUT2D eigenvalue weighted by Crippen LogP contribution is -2.40. The summed E-state index contributed by atoms with van der Waals surface area (Å²) in [6.07, 6.45) is -1.27. The summed E-state index contributed by atoms with van der Waals surface area (Å²) in [4.78, 5) is 24.1. The van der Waals surface area contributed by atoms with Gasteiger partial charge in [0.05, 0.1) is 29.1 Å². The van der Waals surface area contributed by atoms with Crippen molar-refractivity contribution in [2.45, 2.75) is 43.7 Å². The van der Waals surface area contributed by atoms with E-state index in [1.807, 2.05) is 0 Å². The van der Waals surface area contributed by atoms with Crippen molar-refractivity contribution >= 4 is 29.3 Å². The number of carbonyl (C=O) groups excluding carboxylic acids is 1. The SMILES string of the molecule is CCOP(=O)(OCC)[C@H](OC(=O)[C@@H](OC)c1ccccc1)[C@@H](NS(=O)(=O)c1ccc(C)cc1)c1ccc([N+](=O)[O-])cc1. The summed E-state index contributed by atoms with van der Waals surface area (Å²) in [5.41, 5.74) is 1.08. The maximum absolute atomic E-state index is 14.2. The first-order valence-corrected chi connectivity index (χ1v) is 16.1. The molecule has 3 rings (SSSR count). The zero-order valence-electron chi connectivity index (χ0n) is 23.5. The van der Waals surface area contributed by atoms with Crippen molar-refractivity contribution in [2.24, 2.45) is 0 Å². The maximum Gasteiger partial charge on any atom is 0.372 e. The van der Waals surface area contributed by atoms with Gasteiger partial charge in [0.2, 0.25) is 15.9 Å². The summed E-state index contributed by atoms with van der Waals surface area (Å²) in [5, 5.41) is 11.3. The number of methoxy groups -OCH3 is 1. The molecule has 0 spiro atoms. The molecule has 0 saturated heterocycles. The van der Waals surface area contributed by atoms with Crippen molar-refractivity contribution in [1.29, 1.82) is 0 Å². The minimum atomic E-state index is -4.42. The summed E-state index contributed by atoms with van der Waals surface area (Å²) >= 11 is 0. The van der Waals surface area contributed by atoms with Crippen LogP contribution < -0.4 is 4.72 Å². The van der Waals surface area contributed by atoms with E-state index in [1.165, 1.54) is 31.4 Å². The number of nitrogens with zero attached hydrogens (tertiary/aromatic N) is 1. The second-order valence-electron chi connectivity index (χ2n) is 8.99. The fourth-order valence-corrected chi connectivity index (χ4v) is 7.34. The molecule has 1 N–H and O–H groups in total. The Morgan fingerprint density at radius 1 is 0.929 bits per heavy atom. The van der Waals surface area contributed by atoms with Crippen LogP contribution in [0.4, 0.5) is 5.69 Å². The topological polar surface area (TPSA) is 160 Å². The monoisotopic (exact) mass is 620 g/mol. The number of sulfonamides is 1. The van der Waals surface area contributed by atoms with Crippen molar-refractivity contribution in [3.63, 3.8) is 0 Å². The number of hydrogen-bond acceptors (Lipinski definition) is 10. The molecule has 12 nitrogen and oxygen atoms in total. The van der Waals surface area contributed by atoms with Gasteiger partial charge in [-0.25, -0.2) is 13.2 Å². The zero-order valence-corrected chi connectivity index (χ0v) is 25.2. The lowest BCUT2D eigenvalue weighted by molar-refractivity contribution is -0.384. The highest BCUT2D eigenvalue weighted by molar-refractivity contribution is 7.89. The summed E-state index contributed by atoms with van der Waals surface area (Å²) in [6, 6.07) is 17.6. The fourth-order valence-electron chi connectivity index (χ4n) is 4.08. The van der Waals surface area contributed by atoms with Crippen LogP contribution in [0.15, 0.2) is 83.8 Å². The van der Waals surface area contributed by atoms with Gasteiger partial charge in [-0.3, -0.25) is 14.7 Å². The number of benzene rings is 3. The molecule has 226 valence electrons. The molecule has 0 radical (unpaired) electrons. The Hall–Kier alpha value is -3.45. The van der Waals surface area contributed by atoms with Crippen LogP contribution in [0.2, 0.25) is 0 Å².